The minimum Gasteiger partial charge on any atom is -0.465 e. The van der Waals surface area contributed by atoms with Crippen molar-refractivity contribution in [3.63, 3.8) is 0 Å². The number of hydrogen-bond acceptors (Lipinski definition) is 7. The summed E-state index contributed by atoms with van der Waals surface area (Å²) in [6.07, 6.45) is 3.91. The van der Waals surface area contributed by atoms with Crippen molar-refractivity contribution in [1.82, 2.24) is 24.5 Å². The molecule has 4 rings (SSSR count). The van der Waals surface area contributed by atoms with Crippen LogP contribution < -0.4 is 10.9 Å². The van der Waals surface area contributed by atoms with E-state index >= 15 is 0 Å². The van der Waals surface area contributed by atoms with Crippen molar-refractivity contribution < 1.29 is 9.53 Å². The maximum absolute atomic E-state index is 12.9. The highest BCUT2D eigenvalue weighted by atomic mass is 35.5. The van der Waals surface area contributed by atoms with Crippen LogP contribution >= 0.6 is 11.6 Å². The first kappa shape index (κ1) is 20.1. The summed E-state index contributed by atoms with van der Waals surface area (Å²) in [6, 6.07) is 6.61. The van der Waals surface area contributed by atoms with Gasteiger partial charge in [-0.25, -0.2) is 14.5 Å². The van der Waals surface area contributed by atoms with Gasteiger partial charge in [-0.3, -0.25) is 4.79 Å². The van der Waals surface area contributed by atoms with E-state index in [2.05, 4.69) is 20.5 Å². The number of para-hydroxylation sites is 1. The van der Waals surface area contributed by atoms with Crippen LogP contribution in [0.15, 0.2) is 35.3 Å². The number of benzene rings is 1. The third kappa shape index (κ3) is 3.68. The van der Waals surface area contributed by atoms with Crippen molar-refractivity contribution in [2.45, 2.75) is 38.8 Å². The number of ether oxygens (including phenoxy) is 1. The minimum atomic E-state index is -0.560. The highest BCUT2D eigenvalue weighted by molar-refractivity contribution is 6.33. The average Bonchev–Trinajstić information content (AvgIpc) is 3.19. The Morgan fingerprint density at radius 3 is 2.93 bits per heavy atom. The van der Waals surface area contributed by atoms with Crippen LogP contribution in [0, 0.1) is 0 Å². The maximum Gasteiger partial charge on any atom is 0.340 e. The van der Waals surface area contributed by atoms with E-state index in [0.717, 1.165) is 35.6 Å². The average molecular weight is 429 g/mol. The molecule has 1 unspecified atom stereocenters. The lowest BCUT2D eigenvalue weighted by molar-refractivity contribution is 0.0600. The quantitative estimate of drug-likeness (QED) is 0.621. The van der Waals surface area contributed by atoms with Gasteiger partial charge in [0.1, 0.15) is 10.8 Å². The Morgan fingerprint density at radius 2 is 2.17 bits per heavy atom. The van der Waals surface area contributed by atoms with Crippen molar-refractivity contribution in [2.24, 2.45) is 0 Å². The topological polar surface area (TPSA) is 104 Å². The zero-order chi connectivity index (χ0) is 21.3. The molecule has 10 heteroatoms. The number of rotatable bonds is 5. The summed E-state index contributed by atoms with van der Waals surface area (Å²) < 4.78 is 7.79. The zero-order valence-corrected chi connectivity index (χ0v) is 17.4. The number of esters is 1. The minimum absolute atomic E-state index is 0.00306. The third-order valence-corrected chi connectivity index (χ3v) is 5.40. The van der Waals surface area contributed by atoms with E-state index in [-0.39, 0.29) is 16.6 Å². The van der Waals surface area contributed by atoms with Crippen LogP contribution in [0.25, 0.3) is 5.69 Å². The molecule has 3 aromatic rings. The fraction of sp³-hybridized carbons (Fsp3) is 0.350. The van der Waals surface area contributed by atoms with Crippen LogP contribution in [0.3, 0.4) is 0 Å². The van der Waals surface area contributed by atoms with Gasteiger partial charge in [-0.1, -0.05) is 30.7 Å². The Kier molecular flexibility index (Phi) is 5.54. The number of hydrogen-bond donors (Lipinski definition) is 1. The molecule has 1 aliphatic rings. The predicted molar refractivity (Wildman–Crippen MR) is 111 cm³/mol. The summed E-state index contributed by atoms with van der Waals surface area (Å²) in [5.41, 5.74) is 0.449. The van der Waals surface area contributed by atoms with E-state index < -0.39 is 11.5 Å². The molecule has 2 aromatic heterocycles. The molecule has 0 spiro atoms. The molecule has 0 saturated heterocycles. The van der Waals surface area contributed by atoms with E-state index in [1.165, 1.54) is 13.3 Å². The summed E-state index contributed by atoms with van der Waals surface area (Å²) in [5.74, 6) is 1.25. The number of nitrogens with one attached hydrogen (secondary N) is 1. The molecule has 1 N–H and O–H groups in total. The number of anilines is 1. The number of aromatic nitrogens is 5. The van der Waals surface area contributed by atoms with Crippen LogP contribution in [0.4, 0.5) is 5.69 Å². The summed E-state index contributed by atoms with van der Waals surface area (Å²) >= 11 is 6.37. The Bertz CT molecular complexity index is 1160. The molecule has 9 nitrogen and oxygen atoms in total. The molecule has 0 bridgehead atoms. The van der Waals surface area contributed by atoms with Gasteiger partial charge in [0.05, 0.1) is 36.8 Å². The monoisotopic (exact) mass is 428 g/mol. The first-order valence-corrected chi connectivity index (χ1v) is 10.0. The Labute approximate surface area is 177 Å². The van der Waals surface area contributed by atoms with Crippen LogP contribution in [0.1, 0.15) is 35.4 Å². The normalized spacial score (nSPS) is 15.5. The molecular weight excluding hydrogens is 408 g/mol. The summed E-state index contributed by atoms with van der Waals surface area (Å²) in [4.78, 5) is 29.4. The van der Waals surface area contributed by atoms with Gasteiger partial charge < -0.3 is 10.1 Å². The second-order valence-electron chi connectivity index (χ2n) is 6.96. The van der Waals surface area contributed by atoms with Crippen molar-refractivity contribution in [3.8, 4) is 5.69 Å². The fourth-order valence-corrected chi connectivity index (χ4v) is 3.68. The Hall–Kier alpha value is -3.20. The fourth-order valence-electron chi connectivity index (χ4n) is 3.49. The summed E-state index contributed by atoms with van der Waals surface area (Å²) in [7, 11) is 1.28. The van der Waals surface area contributed by atoms with Crippen molar-refractivity contribution in [3.05, 3.63) is 63.1 Å². The third-order valence-electron chi connectivity index (χ3n) is 5.03. The number of halogens is 1. The predicted octanol–water partition coefficient (Wildman–Crippen LogP) is 2.25. The van der Waals surface area contributed by atoms with Gasteiger partial charge >= 0.3 is 5.97 Å². The van der Waals surface area contributed by atoms with Gasteiger partial charge in [0.15, 0.2) is 5.82 Å². The molecule has 1 atom stereocenters. The standard InChI is InChI=1S/C20H21ClN6O3/c1-3-16-24-17-9-8-12(11-26(17)25-16)23-14-10-22-27(19(28)18(14)21)15-7-5-4-6-13(15)20(29)30-2/h4-7,10,12,23H,3,8-9,11H2,1-2H3. The van der Waals surface area contributed by atoms with Gasteiger partial charge in [0.2, 0.25) is 0 Å². The van der Waals surface area contributed by atoms with Crippen LogP contribution in [-0.4, -0.2) is 43.7 Å². The first-order chi connectivity index (χ1) is 14.5. The van der Waals surface area contributed by atoms with Gasteiger partial charge in [-0.15, -0.1) is 0 Å². The lowest BCUT2D eigenvalue weighted by atomic mass is 10.1. The second kappa shape index (κ2) is 8.27. The van der Waals surface area contributed by atoms with Crippen LogP contribution in [0.5, 0.6) is 0 Å². The molecule has 3 heterocycles. The summed E-state index contributed by atoms with van der Waals surface area (Å²) in [5, 5.41) is 12.0. The van der Waals surface area contributed by atoms with E-state index in [4.69, 9.17) is 16.3 Å². The SMILES string of the molecule is CCc1nc2n(n1)CC(Nc1cnn(-c3ccccc3C(=O)OC)c(=O)c1Cl)CC2. The van der Waals surface area contributed by atoms with E-state index in [1.807, 2.05) is 11.6 Å². The molecule has 30 heavy (non-hydrogen) atoms. The van der Waals surface area contributed by atoms with Crippen LogP contribution in [0.2, 0.25) is 5.02 Å². The number of methoxy groups -OCH3 is 1. The van der Waals surface area contributed by atoms with Gasteiger partial charge in [-0.05, 0) is 18.6 Å². The van der Waals surface area contributed by atoms with E-state index in [0.29, 0.717) is 17.9 Å². The van der Waals surface area contributed by atoms with Crippen molar-refractivity contribution in [2.75, 3.05) is 12.4 Å². The number of aryl methyl sites for hydroxylation is 2. The lowest BCUT2D eigenvalue weighted by Gasteiger charge is -2.24. The van der Waals surface area contributed by atoms with Gasteiger partial charge in [-0.2, -0.15) is 14.9 Å². The summed E-state index contributed by atoms with van der Waals surface area (Å²) in [6.45, 7) is 2.66. The lowest BCUT2D eigenvalue weighted by Crippen LogP contribution is -2.33. The molecule has 0 fully saturated rings. The molecule has 0 saturated carbocycles. The molecule has 0 radical (unpaired) electrons. The van der Waals surface area contributed by atoms with Gasteiger partial charge in [0.25, 0.3) is 5.56 Å². The molecule has 1 aliphatic heterocycles. The largest absolute Gasteiger partial charge is 0.465 e. The molecule has 1 aromatic carbocycles. The number of carbonyl (C=O) groups excluding carboxylic acids is 1. The van der Waals surface area contributed by atoms with Crippen LogP contribution in [-0.2, 0) is 24.1 Å². The van der Waals surface area contributed by atoms with E-state index in [9.17, 15) is 9.59 Å². The first-order valence-electron chi connectivity index (χ1n) is 9.66. The Morgan fingerprint density at radius 1 is 1.37 bits per heavy atom. The van der Waals surface area contributed by atoms with E-state index in [1.54, 1.807) is 24.3 Å². The smallest absolute Gasteiger partial charge is 0.340 e. The molecule has 156 valence electrons. The highest BCUT2D eigenvalue weighted by Gasteiger charge is 2.23. The Balaban J connectivity index is 1.60. The zero-order valence-electron chi connectivity index (χ0n) is 16.6. The molecule has 0 amide bonds. The highest BCUT2D eigenvalue weighted by Crippen LogP contribution is 2.22. The number of nitrogens with zero attached hydrogens (tertiary/aromatic N) is 5. The molecular formula is C20H21ClN6O3. The maximum atomic E-state index is 12.9. The molecule has 0 aliphatic carbocycles. The van der Waals surface area contributed by atoms with Crippen molar-refractivity contribution in [1.29, 1.82) is 0 Å². The van der Waals surface area contributed by atoms with Gasteiger partial charge in [0, 0.05) is 18.9 Å². The number of fused-ring (bicyclic) bond motifs is 1. The second-order valence-corrected chi connectivity index (χ2v) is 7.34. The number of carbonyl (C=O) groups is 1. The van der Waals surface area contributed by atoms with Crippen molar-refractivity contribution >= 4 is 23.3 Å².